The molecule has 4 heterocycles. The van der Waals surface area contributed by atoms with Crippen molar-refractivity contribution in [3.63, 3.8) is 0 Å². The zero-order valence-electron chi connectivity index (χ0n) is 17.6. The van der Waals surface area contributed by atoms with E-state index in [1.807, 2.05) is 23.1 Å². The van der Waals surface area contributed by atoms with E-state index in [1.54, 1.807) is 6.26 Å². The molecule has 162 valence electrons. The Morgan fingerprint density at radius 3 is 2.65 bits per heavy atom. The Labute approximate surface area is 181 Å². The third-order valence-corrected chi connectivity index (χ3v) is 6.91. The summed E-state index contributed by atoms with van der Waals surface area (Å²) in [5.74, 6) is 2.43. The average Bonchev–Trinajstić information content (AvgIpc) is 3.47. The molecule has 0 spiro atoms. The van der Waals surface area contributed by atoms with Crippen molar-refractivity contribution in [2.24, 2.45) is 5.92 Å². The minimum Gasteiger partial charge on any atom is -0.463 e. The number of amides is 1. The number of rotatable bonds is 5. The van der Waals surface area contributed by atoms with Crippen molar-refractivity contribution in [3.8, 4) is 11.5 Å². The van der Waals surface area contributed by atoms with Gasteiger partial charge in [-0.05, 0) is 36.5 Å². The van der Waals surface area contributed by atoms with Crippen LogP contribution in [0.15, 0.2) is 41.0 Å². The Morgan fingerprint density at radius 2 is 1.84 bits per heavy atom. The number of hydrogen-bond donors (Lipinski definition) is 0. The molecule has 1 saturated carbocycles. The van der Waals surface area contributed by atoms with Gasteiger partial charge >= 0.3 is 0 Å². The first-order valence-electron chi connectivity index (χ1n) is 11.2. The SMILES string of the molecule is O=C(c1cc2occc2n1CC1CCC1)N1CCN(Cc2ccc3c(c2)OCO3)CC1. The van der Waals surface area contributed by atoms with Crippen LogP contribution in [-0.4, -0.2) is 53.2 Å². The highest BCUT2D eigenvalue weighted by Crippen LogP contribution is 2.33. The van der Waals surface area contributed by atoms with E-state index in [4.69, 9.17) is 13.9 Å². The van der Waals surface area contributed by atoms with Crippen molar-refractivity contribution in [2.75, 3.05) is 33.0 Å². The average molecular weight is 421 g/mol. The van der Waals surface area contributed by atoms with E-state index in [1.165, 1.54) is 24.8 Å². The van der Waals surface area contributed by atoms with Gasteiger partial charge in [0.2, 0.25) is 6.79 Å². The van der Waals surface area contributed by atoms with Gasteiger partial charge in [0.25, 0.3) is 5.91 Å². The van der Waals surface area contributed by atoms with Gasteiger partial charge in [-0.15, -0.1) is 0 Å². The molecule has 3 aromatic rings. The van der Waals surface area contributed by atoms with Crippen LogP contribution in [0.4, 0.5) is 0 Å². The first-order valence-corrected chi connectivity index (χ1v) is 11.2. The summed E-state index contributed by atoms with van der Waals surface area (Å²) in [6.45, 7) is 5.25. The largest absolute Gasteiger partial charge is 0.463 e. The van der Waals surface area contributed by atoms with Crippen LogP contribution in [0.25, 0.3) is 11.1 Å². The number of fused-ring (bicyclic) bond motifs is 2. The predicted octanol–water partition coefficient (Wildman–Crippen LogP) is 3.72. The number of ether oxygens (including phenoxy) is 2. The second-order valence-corrected chi connectivity index (χ2v) is 8.86. The maximum Gasteiger partial charge on any atom is 0.270 e. The predicted molar refractivity (Wildman–Crippen MR) is 115 cm³/mol. The van der Waals surface area contributed by atoms with Crippen LogP contribution in [0.3, 0.4) is 0 Å². The highest BCUT2D eigenvalue weighted by Gasteiger charge is 2.28. The molecule has 0 atom stereocenters. The molecular weight excluding hydrogens is 394 g/mol. The number of piperazine rings is 1. The summed E-state index contributed by atoms with van der Waals surface area (Å²) in [5, 5.41) is 0. The van der Waals surface area contributed by atoms with Crippen molar-refractivity contribution in [1.29, 1.82) is 0 Å². The number of furan rings is 1. The summed E-state index contributed by atoms with van der Waals surface area (Å²) >= 11 is 0. The fourth-order valence-electron chi connectivity index (χ4n) is 4.85. The fraction of sp³-hybridized carbons (Fsp3) is 0.458. The Bertz CT molecular complexity index is 1110. The zero-order chi connectivity index (χ0) is 20.8. The molecule has 2 fully saturated rings. The molecule has 3 aliphatic rings. The summed E-state index contributed by atoms with van der Waals surface area (Å²) in [4.78, 5) is 17.8. The number of benzene rings is 1. The van der Waals surface area contributed by atoms with Gasteiger partial charge in [-0.1, -0.05) is 12.5 Å². The molecule has 7 heteroatoms. The number of hydrogen-bond acceptors (Lipinski definition) is 5. The van der Waals surface area contributed by atoms with Gasteiger partial charge in [0.05, 0.1) is 11.8 Å². The van der Waals surface area contributed by atoms with E-state index in [2.05, 4.69) is 21.6 Å². The number of carbonyl (C=O) groups is 1. The van der Waals surface area contributed by atoms with Crippen LogP contribution in [0.5, 0.6) is 11.5 Å². The Hall–Kier alpha value is -2.93. The molecule has 1 aromatic carbocycles. The second kappa shape index (κ2) is 7.64. The second-order valence-electron chi connectivity index (χ2n) is 8.86. The maximum absolute atomic E-state index is 13.4. The van der Waals surface area contributed by atoms with Crippen LogP contribution < -0.4 is 9.47 Å². The molecule has 1 saturated heterocycles. The maximum atomic E-state index is 13.4. The van der Waals surface area contributed by atoms with Crippen LogP contribution in [0.2, 0.25) is 0 Å². The standard InChI is InChI=1S/C24H27N3O4/c28-24(20-13-22-19(6-11-29-22)27(20)15-17-2-1-3-17)26-9-7-25(8-10-26)14-18-4-5-21-23(12-18)31-16-30-21/h4-6,11-13,17H,1-3,7-10,14-16H2. The van der Waals surface area contributed by atoms with Crippen molar-refractivity contribution in [3.05, 3.63) is 47.9 Å². The van der Waals surface area contributed by atoms with E-state index in [0.717, 1.165) is 67.6 Å². The first kappa shape index (κ1) is 18.8. The van der Waals surface area contributed by atoms with Crippen molar-refractivity contribution >= 4 is 17.0 Å². The minimum absolute atomic E-state index is 0.119. The number of aromatic nitrogens is 1. The van der Waals surface area contributed by atoms with E-state index in [-0.39, 0.29) is 5.91 Å². The molecule has 6 rings (SSSR count). The smallest absolute Gasteiger partial charge is 0.270 e. The van der Waals surface area contributed by atoms with Crippen molar-refractivity contribution in [2.45, 2.75) is 32.4 Å². The lowest BCUT2D eigenvalue weighted by Crippen LogP contribution is -2.48. The van der Waals surface area contributed by atoms with Crippen LogP contribution in [0, 0.1) is 5.92 Å². The van der Waals surface area contributed by atoms with Gasteiger partial charge in [0, 0.05) is 51.4 Å². The molecule has 1 aliphatic carbocycles. The Balaban J connectivity index is 1.12. The third kappa shape index (κ3) is 3.47. The van der Waals surface area contributed by atoms with Crippen molar-refractivity contribution in [1.82, 2.24) is 14.4 Å². The highest BCUT2D eigenvalue weighted by atomic mass is 16.7. The molecule has 0 radical (unpaired) electrons. The van der Waals surface area contributed by atoms with E-state index < -0.39 is 0 Å². The fourth-order valence-corrected chi connectivity index (χ4v) is 4.85. The lowest BCUT2D eigenvalue weighted by molar-refractivity contribution is 0.0616. The lowest BCUT2D eigenvalue weighted by atomic mass is 9.85. The zero-order valence-corrected chi connectivity index (χ0v) is 17.6. The molecular formula is C24H27N3O4. The summed E-state index contributed by atoms with van der Waals surface area (Å²) in [7, 11) is 0. The summed E-state index contributed by atoms with van der Waals surface area (Å²) in [6.07, 6.45) is 5.52. The molecule has 1 amide bonds. The van der Waals surface area contributed by atoms with E-state index in [0.29, 0.717) is 12.7 Å². The third-order valence-electron chi connectivity index (χ3n) is 6.91. The van der Waals surface area contributed by atoms with E-state index in [9.17, 15) is 4.79 Å². The first-order chi connectivity index (χ1) is 15.2. The van der Waals surface area contributed by atoms with Crippen LogP contribution in [-0.2, 0) is 13.1 Å². The molecule has 2 aromatic heterocycles. The molecule has 0 N–H and O–H groups in total. The topological polar surface area (TPSA) is 60.1 Å². The summed E-state index contributed by atoms with van der Waals surface area (Å²) in [6, 6.07) is 10.0. The summed E-state index contributed by atoms with van der Waals surface area (Å²) < 4.78 is 18.7. The Kier molecular flexibility index (Phi) is 4.64. The van der Waals surface area contributed by atoms with Gasteiger partial charge in [-0.25, -0.2) is 0 Å². The highest BCUT2D eigenvalue weighted by molar-refractivity contribution is 5.97. The summed E-state index contributed by atoms with van der Waals surface area (Å²) in [5.41, 5.74) is 3.82. The number of carbonyl (C=O) groups excluding carboxylic acids is 1. The minimum atomic E-state index is 0.119. The number of nitrogens with zero attached hydrogens (tertiary/aromatic N) is 3. The van der Waals surface area contributed by atoms with Gasteiger partial charge < -0.3 is 23.4 Å². The van der Waals surface area contributed by atoms with Crippen LogP contribution >= 0.6 is 0 Å². The monoisotopic (exact) mass is 421 g/mol. The van der Waals surface area contributed by atoms with Crippen LogP contribution in [0.1, 0.15) is 35.3 Å². The lowest BCUT2D eigenvalue weighted by Gasteiger charge is -2.35. The van der Waals surface area contributed by atoms with Gasteiger partial charge in [-0.3, -0.25) is 9.69 Å². The molecule has 2 aliphatic heterocycles. The van der Waals surface area contributed by atoms with E-state index >= 15 is 0 Å². The molecule has 0 bridgehead atoms. The molecule has 31 heavy (non-hydrogen) atoms. The van der Waals surface area contributed by atoms with Gasteiger partial charge in [0.1, 0.15) is 5.69 Å². The van der Waals surface area contributed by atoms with Gasteiger partial charge in [-0.2, -0.15) is 0 Å². The van der Waals surface area contributed by atoms with Crippen molar-refractivity contribution < 1.29 is 18.7 Å². The van der Waals surface area contributed by atoms with Gasteiger partial charge in [0.15, 0.2) is 17.1 Å². The molecule has 0 unspecified atom stereocenters. The molecule has 7 nitrogen and oxygen atoms in total. The normalized spacial score (nSPS) is 19.2. The Morgan fingerprint density at radius 1 is 1.00 bits per heavy atom. The quantitative estimate of drug-likeness (QED) is 0.628.